The molecule has 0 aliphatic rings. The van der Waals surface area contributed by atoms with Crippen LogP contribution in [0.3, 0.4) is 0 Å². The topological polar surface area (TPSA) is 155 Å². The van der Waals surface area contributed by atoms with Crippen LogP contribution in [-0.4, -0.2) is 47.6 Å². The molecule has 0 radical (unpaired) electrons. The van der Waals surface area contributed by atoms with Gasteiger partial charge in [-0.25, -0.2) is 9.69 Å². The number of nitrogens with zero attached hydrogens (tertiary/aromatic N) is 1. The number of nitro groups is 1. The molecule has 0 heterocycles. The maximum atomic E-state index is 12.7. The molecule has 3 rings (SSSR count). The van der Waals surface area contributed by atoms with Crippen LogP contribution in [0.2, 0.25) is 0 Å². The van der Waals surface area contributed by atoms with Gasteiger partial charge in [0.05, 0.1) is 36.9 Å². The summed E-state index contributed by atoms with van der Waals surface area (Å²) in [7, 11) is 0.189. The lowest BCUT2D eigenvalue weighted by Gasteiger charge is -2.17. The van der Waals surface area contributed by atoms with Crippen molar-refractivity contribution in [2.24, 2.45) is 0 Å². The van der Waals surface area contributed by atoms with Gasteiger partial charge in [-0.2, -0.15) is 0 Å². The Bertz CT molecular complexity index is 1430. The zero-order valence-corrected chi connectivity index (χ0v) is 24.5. The molecule has 0 aliphatic heterocycles. The molecule has 12 nitrogen and oxygen atoms in total. The number of carbonyl (C=O) groups excluding carboxylic acids is 2. The normalized spacial score (nSPS) is 12.1. The van der Waals surface area contributed by atoms with Crippen LogP contribution in [-0.2, 0) is 25.4 Å². The standard InChI is InChI=1S/C29H33N3O9S/c1-5-39-28(33)10-7-15-40-27-18-25(32(35)36)24(17-26(27)38-3)19(2)41-30-29(34)21-13-11-20(12-14-21)22-8-6-9-23(16-22)31-42(4)37/h6,8-9,11-14,16-19,31H,5,7,10,15H2,1-4H3,(H,30,34). The van der Waals surface area contributed by atoms with E-state index in [-0.39, 0.29) is 48.4 Å². The van der Waals surface area contributed by atoms with E-state index in [4.69, 9.17) is 19.0 Å². The summed E-state index contributed by atoms with van der Waals surface area (Å²) in [4.78, 5) is 41.0. The predicted molar refractivity (Wildman–Crippen MR) is 158 cm³/mol. The van der Waals surface area contributed by atoms with Crippen molar-refractivity contribution in [3.63, 3.8) is 0 Å². The highest BCUT2D eigenvalue weighted by atomic mass is 32.2. The molecule has 224 valence electrons. The van der Waals surface area contributed by atoms with Crippen molar-refractivity contribution in [1.29, 1.82) is 0 Å². The van der Waals surface area contributed by atoms with Crippen LogP contribution in [0.4, 0.5) is 11.4 Å². The van der Waals surface area contributed by atoms with E-state index >= 15 is 0 Å². The van der Waals surface area contributed by atoms with Crippen molar-refractivity contribution in [3.05, 3.63) is 81.9 Å². The minimum Gasteiger partial charge on any atom is -0.493 e. The van der Waals surface area contributed by atoms with Crippen LogP contribution < -0.4 is 19.7 Å². The molecule has 42 heavy (non-hydrogen) atoms. The van der Waals surface area contributed by atoms with Crippen LogP contribution >= 0.6 is 0 Å². The lowest BCUT2D eigenvalue weighted by molar-refractivity contribution is -0.386. The molecule has 1 amide bonds. The van der Waals surface area contributed by atoms with Crippen LogP contribution in [0.5, 0.6) is 11.5 Å². The van der Waals surface area contributed by atoms with Crippen molar-refractivity contribution >= 4 is 34.2 Å². The maximum Gasteiger partial charge on any atom is 0.305 e. The minimum atomic E-state index is -1.20. The number of nitrogens with one attached hydrogen (secondary N) is 2. The first kappa shape index (κ1) is 32.0. The number of nitro benzene ring substituents is 1. The number of amides is 1. The Balaban J connectivity index is 1.66. The molecule has 0 aliphatic carbocycles. The van der Waals surface area contributed by atoms with Crippen molar-refractivity contribution in [1.82, 2.24) is 5.48 Å². The number of benzene rings is 3. The first-order chi connectivity index (χ1) is 20.1. The van der Waals surface area contributed by atoms with Crippen molar-refractivity contribution < 1.29 is 37.8 Å². The highest BCUT2D eigenvalue weighted by molar-refractivity contribution is 7.85. The number of rotatable bonds is 15. The molecule has 0 saturated carbocycles. The quantitative estimate of drug-likeness (QED) is 0.105. The molecule has 2 unspecified atom stereocenters. The van der Waals surface area contributed by atoms with E-state index in [0.29, 0.717) is 17.7 Å². The number of esters is 1. The Morgan fingerprint density at radius 3 is 2.43 bits per heavy atom. The lowest BCUT2D eigenvalue weighted by Crippen LogP contribution is -2.25. The first-order valence-corrected chi connectivity index (χ1v) is 14.6. The Morgan fingerprint density at radius 1 is 1.05 bits per heavy atom. The molecular weight excluding hydrogens is 566 g/mol. The molecule has 0 aromatic heterocycles. The van der Waals surface area contributed by atoms with Gasteiger partial charge in [-0.05, 0) is 61.7 Å². The molecule has 0 fully saturated rings. The number of hydrogen-bond acceptors (Lipinski definition) is 9. The predicted octanol–water partition coefficient (Wildman–Crippen LogP) is 5.12. The summed E-state index contributed by atoms with van der Waals surface area (Å²) in [6.07, 6.45) is 1.13. The van der Waals surface area contributed by atoms with E-state index in [1.807, 2.05) is 18.2 Å². The Labute approximate surface area is 246 Å². The molecule has 0 saturated heterocycles. The van der Waals surface area contributed by atoms with Gasteiger partial charge in [0, 0.05) is 23.9 Å². The van der Waals surface area contributed by atoms with E-state index in [2.05, 4.69) is 10.2 Å². The Hall–Kier alpha value is -4.49. The van der Waals surface area contributed by atoms with E-state index in [0.717, 1.165) is 11.1 Å². The fourth-order valence-corrected chi connectivity index (χ4v) is 4.42. The van der Waals surface area contributed by atoms with Crippen LogP contribution in [0.25, 0.3) is 11.1 Å². The molecular formula is C29H33N3O9S. The third-order valence-electron chi connectivity index (χ3n) is 5.97. The van der Waals surface area contributed by atoms with Gasteiger partial charge in [-0.3, -0.25) is 24.5 Å². The lowest BCUT2D eigenvalue weighted by atomic mass is 10.0. The molecule has 0 spiro atoms. The monoisotopic (exact) mass is 599 g/mol. The van der Waals surface area contributed by atoms with E-state index < -0.39 is 27.9 Å². The largest absolute Gasteiger partial charge is 0.493 e. The van der Waals surface area contributed by atoms with Gasteiger partial charge >= 0.3 is 5.97 Å². The number of ether oxygens (including phenoxy) is 3. The van der Waals surface area contributed by atoms with Gasteiger partial charge in [0.1, 0.15) is 17.1 Å². The smallest absolute Gasteiger partial charge is 0.305 e. The maximum absolute atomic E-state index is 12.7. The van der Waals surface area contributed by atoms with Crippen LogP contribution in [0, 0.1) is 10.1 Å². The van der Waals surface area contributed by atoms with Gasteiger partial charge in [-0.15, -0.1) is 0 Å². The van der Waals surface area contributed by atoms with Crippen LogP contribution in [0.1, 0.15) is 48.7 Å². The molecule has 2 atom stereocenters. The SMILES string of the molecule is CCOC(=O)CCCOc1cc([N+](=O)[O-])c(C(C)ONC(=O)c2ccc(-c3cccc(NS(C)=O)c3)cc2)cc1OC. The van der Waals surface area contributed by atoms with E-state index in [1.54, 1.807) is 50.4 Å². The molecule has 2 N–H and O–H groups in total. The summed E-state index contributed by atoms with van der Waals surface area (Å²) in [5.74, 6) is -0.528. The van der Waals surface area contributed by atoms with Crippen LogP contribution in [0.15, 0.2) is 60.7 Å². The summed E-state index contributed by atoms with van der Waals surface area (Å²) in [6, 6.07) is 16.8. The fraction of sp³-hybridized carbons (Fsp3) is 0.310. The Kier molecular flexibility index (Phi) is 11.8. The number of anilines is 1. The van der Waals surface area contributed by atoms with Crippen molar-refractivity contribution in [3.8, 4) is 22.6 Å². The summed E-state index contributed by atoms with van der Waals surface area (Å²) >= 11 is 0. The fourth-order valence-electron chi connectivity index (χ4n) is 3.96. The summed E-state index contributed by atoms with van der Waals surface area (Å²) in [6.45, 7) is 3.67. The van der Waals surface area contributed by atoms with Gasteiger partial charge in [0.15, 0.2) is 11.5 Å². The second-order valence-electron chi connectivity index (χ2n) is 8.98. The highest BCUT2D eigenvalue weighted by Gasteiger charge is 2.25. The second-order valence-corrected chi connectivity index (χ2v) is 10.1. The average Bonchev–Trinajstić information content (AvgIpc) is 2.97. The summed E-state index contributed by atoms with van der Waals surface area (Å²) in [5, 5.41) is 11.8. The molecule has 3 aromatic carbocycles. The van der Waals surface area contributed by atoms with Crippen molar-refractivity contribution in [2.75, 3.05) is 31.3 Å². The first-order valence-electron chi connectivity index (χ1n) is 13.0. The molecule has 3 aromatic rings. The summed E-state index contributed by atoms with van der Waals surface area (Å²) in [5.41, 5.74) is 4.95. The highest BCUT2D eigenvalue weighted by Crippen LogP contribution is 2.38. The zero-order valence-electron chi connectivity index (χ0n) is 23.7. The van der Waals surface area contributed by atoms with Gasteiger partial charge in [-0.1, -0.05) is 24.3 Å². The average molecular weight is 600 g/mol. The van der Waals surface area contributed by atoms with E-state index in [9.17, 15) is 23.9 Å². The second kappa shape index (κ2) is 15.5. The minimum absolute atomic E-state index is 0.120. The zero-order chi connectivity index (χ0) is 30.6. The van der Waals surface area contributed by atoms with Crippen molar-refractivity contribution in [2.45, 2.75) is 32.8 Å². The third kappa shape index (κ3) is 9.01. The Morgan fingerprint density at radius 2 is 1.79 bits per heavy atom. The number of hydrogen-bond donors (Lipinski definition) is 2. The third-order valence-corrected chi connectivity index (χ3v) is 6.49. The number of hydroxylamine groups is 1. The molecule has 0 bridgehead atoms. The molecule has 13 heteroatoms. The summed E-state index contributed by atoms with van der Waals surface area (Å²) < 4.78 is 30.2. The number of carbonyl (C=O) groups is 2. The number of methoxy groups -OCH3 is 1. The van der Waals surface area contributed by atoms with Gasteiger partial charge < -0.3 is 18.9 Å². The van der Waals surface area contributed by atoms with Gasteiger partial charge in [0.2, 0.25) is 0 Å². The van der Waals surface area contributed by atoms with Gasteiger partial charge in [0.25, 0.3) is 11.6 Å². The van der Waals surface area contributed by atoms with E-state index in [1.165, 1.54) is 19.2 Å².